The largest absolute Gasteiger partial charge is 0.488 e. The lowest BCUT2D eigenvalue weighted by molar-refractivity contribution is -0.115. The Hall–Kier alpha value is -3.85. The number of carbonyl (C=O) groups excluding carboxylic acids is 1. The van der Waals surface area contributed by atoms with E-state index in [2.05, 4.69) is 5.32 Å². The second kappa shape index (κ2) is 9.90. The maximum absolute atomic E-state index is 12.4. The van der Waals surface area contributed by atoms with Crippen molar-refractivity contribution in [2.24, 2.45) is 5.73 Å². The number of nitrogens with one attached hydrogen (secondary N) is 1. The average Bonchev–Trinajstić information content (AvgIpc) is 2.68. The van der Waals surface area contributed by atoms with Crippen LogP contribution in [0.15, 0.2) is 54.7 Å². The molecule has 7 N–H and O–H groups in total. The molecule has 9 heteroatoms. The van der Waals surface area contributed by atoms with Gasteiger partial charge in [0.15, 0.2) is 0 Å². The molecule has 29 heavy (non-hydrogen) atoms. The van der Waals surface area contributed by atoms with Gasteiger partial charge in [-0.25, -0.2) is 14.9 Å². The molecule has 0 aliphatic carbocycles. The normalized spacial score (nSPS) is 11.7. The van der Waals surface area contributed by atoms with Crippen molar-refractivity contribution in [2.75, 3.05) is 6.61 Å². The number of carbonyl (C=O) groups is 2. The third-order valence-electron chi connectivity index (χ3n) is 3.61. The lowest BCUT2D eigenvalue weighted by atomic mass is 10.1. The lowest BCUT2D eigenvalue weighted by Crippen LogP contribution is -2.49. The van der Waals surface area contributed by atoms with Crippen molar-refractivity contribution in [2.45, 2.75) is 13.0 Å². The molecule has 0 fully saturated rings. The van der Waals surface area contributed by atoms with E-state index in [9.17, 15) is 14.7 Å². The van der Waals surface area contributed by atoms with Gasteiger partial charge in [-0.3, -0.25) is 5.41 Å². The maximum Gasteiger partial charge on any atom is 0.339 e. The summed E-state index contributed by atoms with van der Waals surface area (Å²) in [7, 11) is 0. The molecule has 0 saturated carbocycles. The van der Waals surface area contributed by atoms with Gasteiger partial charge in [0.25, 0.3) is 5.84 Å². The number of rotatable bonds is 8. The summed E-state index contributed by atoms with van der Waals surface area (Å²) in [6.45, 7) is 1.45. The van der Waals surface area contributed by atoms with Crippen molar-refractivity contribution in [3.05, 3.63) is 65.9 Å². The standard InChI is InChI=1S/C20H21N3O6/c1-12(11-24)28-16-8-14(19(25)23-18(22)6-7-21)9-17(10-16)29-15-4-2-13(3-5-15)20(26)27/h2-10,12,24H,11,21H2,1H3,(H,26,27)(H2,22,23,25)/p+1/b7-6-/t12-/m0/s1. The highest BCUT2D eigenvalue weighted by atomic mass is 16.5. The van der Waals surface area contributed by atoms with Crippen molar-refractivity contribution in [3.63, 3.8) is 0 Å². The topological polar surface area (TPSA) is 157 Å². The Labute approximate surface area is 166 Å². The Bertz CT molecular complexity index is 924. The fourth-order valence-electron chi connectivity index (χ4n) is 2.25. The van der Waals surface area contributed by atoms with Crippen LogP contribution in [0.1, 0.15) is 27.6 Å². The summed E-state index contributed by atoms with van der Waals surface area (Å²) < 4.78 is 11.3. The Kier molecular flexibility index (Phi) is 7.33. The first-order chi connectivity index (χ1) is 13.8. The van der Waals surface area contributed by atoms with Crippen molar-refractivity contribution in [1.29, 1.82) is 0 Å². The van der Waals surface area contributed by atoms with Gasteiger partial charge in [0.05, 0.1) is 17.7 Å². The van der Waals surface area contributed by atoms with Gasteiger partial charge >= 0.3 is 11.9 Å². The molecule has 0 aliphatic heterocycles. The quantitative estimate of drug-likeness (QED) is 0.315. The predicted octanol–water partition coefficient (Wildman–Crippen LogP) is 0.297. The molecule has 2 aromatic rings. The zero-order valence-electron chi connectivity index (χ0n) is 15.7. The number of amidine groups is 1. The van der Waals surface area contributed by atoms with E-state index in [1.807, 2.05) is 0 Å². The third-order valence-corrected chi connectivity index (χ3v) is 3.61. The Morgan fingerprint density at radius 2 is 1.79 bits per heavy atom. The smallest absolute Gasteiger partial charge is 0.339 e. The second-order valence-electron chi connectivity index (χ2n) is 6.00. The molecule has 0 spiro atoms. The van der Waals surface area contributed by atoms with Gasteiger partial charge in [-0.05, 0) is 43.3 Å². The van der Waals surface area contributed by atoms with Crippen LogP contribution in [0.4, 0.5) is 0 Å². The number of carboxylic acid groups (broad SMARTS) is 1. The molecular weight excluding hydrogens is 378 g/mol. The summed E-state index contributed by atoms with van der Waals surface area (Å²) in [6.07, 6.45) is 2.01. The van der Waals surface area contributed by atoms with Crippen molar-refractivity contribution in [3.8, 4) is 17.2 Å². The monoisotopic (exact) mass is 400 g/mol. The molecule has 152 valence electrons. The van der Waals surface area contributed by atoms with Crippen LogP contribution in [0.5, 0.6) is 17.2 Å². The van der Waals surface area contributed by atoms with Crippen LogP contribution in [0.2, 0.25) is 0 Å². The number of aromatic carboxylic acids is 1. The summed E-state index contributed by atoms with van der Waals surface area (Å²) in [5.74, 6) is -0.582. The van der Waals surface area contributed by atoms with E-state index < -0.39 is 18.0 Å². The molecule has 1 atom stereocenters. The molecule has 0 aromatic heterocycles. The molecule has 2 aromatic carbocycles. The van der Waals surface area contributed by atoms with Crippen LogP contribution < -0.4 is 25.9 Å². The van der Waals surface area contributed by atoms with E-state index in [4.69, 9.17) is 25.7 Å². The first-order valence-electron chi connectivity index (χ1n) is 8.58. The number of aliphatic hydroxyl groups is 1. The third kappa shape index (κ3) is 6.36. The molecule has 0 saturated heterocycles. The second-order valence-corrected chi connectivity index (χ2v) is 6.00. The molecule has 0 unspecified atom stereocenters. The van der Waals surface area contributed by atoms with E-state index in [1.54, 1.807) is 13.0 Å². The zero-order chi connectivity index (χ0) is 21.4. The molecule has 0 aliphatic rings. The van der Waals surface area contributed by atoms with E-state index in [1.165, 1.54) is 48.7 Å². The molecule has 0 heterocycles. The van der Waals surface area contributed by atoms with Crippen LogP contribution in [0.3, 0.4) is 0 Å². The highest BCUT2D eigenvalue weighted by Crippen LogP contribution is 2.28. The first kappa shape index (κ1) is 21.5. The Morgan fingerprint density at radius 1 is 1.14 bits per heavy atom. The van der Waals surface area contributed by atoms with Gasteiger partial charge in [0, 0.05) is 18.3 Å². The average molecular weight is 400 g/mol. The van der Waals surface area contributed by atoms with Crippen LogP contribution in [-0.4, -0.2) is 40.6 Å². The molecule has 1 amide bonds. The summed E-state index contributed by atoms with van der Waals surface area (Å²) in [5.41, 5.74) is 5.55. The van der Waals surface area contributed by atoms with Crippen LogP contribution >= 0.6 is 0 Å². The molecule has 9 nitrogen and oxygen atoms in total. The zero-order valence-corrected chi connectivity index (χ0v) is 15.7. The van der Waals surface area contributed by atoms with Crippen LogP contribution in [0, 0.1) is 0 Å². The SMILES string of the molecule is C[C@@H](CO)Oc1cc(Oc2ccc(C(=O)O)cc2)cc(C(=O)NC(=[NH2+])/C=C\N)c1. The highest BCUT2D eigenvalue weighted by molar-refractivity contribution is 6.08. The number of benzene rings is 2. The van der Waals surface area contributed by atoms with E-state index >= 15 is 0 Å². The van der Waals surface area contributed by atoms with Crippen LogP contribution in [-0.2, 0) is 0 Å². The first-order valence-corrected chi connectivity index (χ1v) is 8.58. The summed E-state index contributed by atoms with van der Waals surface area (Å²) >= 11 is 0. The molecule has 2 rings (SSSR count). The number of nitrogens with two attached hydrogens (primary N) is 2. The van der Waals surface area contributed by atoms with Gasteiger partial charge in [-0.15, -0.1) is 0 Å². The van der Waals surface area contributed by atoms with E-state index in [0.29, 0.717) is 11.5 Å². The van der Waals surface area contributed by atoms with Gasteiger partial charge < -0.3 is 25.4 Å². The summed E-state index contributed by atoms with van der Waals surface area (Å²) in [5, 5.41) is 26.3. The highest BCUT2D eigenvalue weighted by Gasteiger charge is 2.17. The Balaban J connectivity index is 2.31. The summed E-state index contributed by atoms with van der Waals surface area (Å²) in [4.78, 5) is 23.4. The van der Waals surface area contributed by atoms with E-state index in [-0.39, 0.29) is 29.3 Å². The van der Waals surface area contributed by atoms with Gasteiger partial charge in [-0.1, -0.05) is 0 Å². The number of hydrogen-bond acceptors (Lipinski definition) is 6. The minimum absolute atomic E-state index is 0.0549. The fourth-order valence-corrected chi connectivity index (χ4v) is 2.25. The van der Waals surface area contributed by atoms with Crippen LogP contribution in [0.25, 0.3) is 0 Å². The molecular formula is C20H22N3O6+. The Morgan fingerprint density at radius 3 is 2.38 bits per heavy atom. The minimum Gasteiger partial charge on any atom is -0.488 e. The van der Waals surface area contributed by atoms with E-state index in [0.717, 1.165) is 0 Å². The number of ether oxygens (including phenoxy) is 2. The molecule has 0 radical (unpaired) electrons. The van der Waals surface area contributed by atoms with Crippen molar-refractivity contribution >= 4 is 17.7 Å². The lowest BCUT2D eigenvalue weighted by Gasteiger charge is -2.14. The number of hydrogen-bond donors (Lipinski definition) is 5. The predicted molar refractivity (Wildman–Crippen MR) is 105 cm³/mol. The van der Waals surface area contributed by atoms with Crippen molar-refractivity contribution in [1.82, 2.24) is 5.32 Å². The maximum atomic E-state index is 12.4. The molecule has 0 bridgehead atoms. The van der Waals surface area contributed by atoms with Crippen molar-refractivity contribution < 1.29 is 34.7 Å². The minimum atomic E-state index is -1.05. The number of carboxylic acids is 1. The van der Waals surface area contributed by atoms with Gasteiger partial charge in [-0.2, -0.15) is 0 Å². The fraction of sp³-hybridized carbons (Fsp3) is 0.150. The number of aliphatic hydroxyl groups excluding tert-OH is 1. The number of amides is 1. The van der Waals surface area contributed by atoms with Gasteiger partial charge in [0.1, 0.15) is 23.4 Å². The summed E-state index contributed by atoms with van der Waals surface area (Å²) in [6, 6.07) is 10.3. The van der Waals surface area contributed by atoms with Gasteiger partial charge in [0.2, 0.25) is 0 Å².